The van der Waals surface area contributed by atoms with Gasteiger partial charge < -0.3 is 15.7 Å². The number of anilines is 1. The Balaban J connectivity index is 1.51. The van der Waals surface area contributed by atoms with Gasteiger partial charge in [-0.25, -0.2) is 4.79 Å². The fourth-order valence-corrected chi connectivity index (χ4v) is 3.49. The maximum atomic E-state index is 12.2. The normalized spacial score (nSPS) is 17.5. The van der Waals surface area contributed by atoms with Crippen molar-refractivity contribution in [2.45, 2.75) is 51.9 Å². The summed E-state index contributed by atoms with van der Waals surface area (Å²) < 4.78 is 0. The molecule has 5 nitrogen and oxygen atoms in total. The molecule has 5 heteroatoms. The van der Waals surface area contributed by atoms with Crippen molar-refractivity contribution in [1.29, 1.82) is 0 Å². The van der Waals surface area contributed by atoms with Gasteiger partial charge >= 0.3 is 6.03 Å². The highest BCUT2D eigenvalue weighted by Gasteiger charge is 2.18. The van der Waals surface area contributed by atoms with Crippen molar-refractivity contribution in [2.24, 2.45) is 0 Å². The second-order valence-electron chi connectivity index (χ2n) is 7.30. The average Bonchev–Trinajstić information content (AvgIpc) is 2.69. The van der Waals surface area contributed by atoms with E-state index in [0.717, 1.165) is 29.9 Å². The number of carbonyl (C=O) groups excluding carboxylic acids is 1. The van der Waals surface area contributed by atoms with Crippen molar-refractivity contribution in [2.75, 3.05) is 11.9 Å². The molecule has 2 aromatic rings. The number of amides is 2. The number of likely N-dealkylation sites (tertiary alicyclic amines) is 1. The fraction of sp³-hybridized carbons (Fsp3) is 0.409. The Kier molecular flexibility index (Phi) is 6.85. The molecule has 1 heterocycles. The van der Waals surface area contributed by atoms with Gasteiger partial charge in [0.2, 0.25) is 0 Å². The van der Waals surface area contributed by atoms with Gasteiger partial charge in [-0.3, -0.25) is 4.90 Å². The zero-order valence-electron chi connectivity index (χ0n) is 15.9. The first-order valence-electron chi connectivity index (χ1n) is 9.70. The zero-order valence-corrected chi connectivity index (χ0v) is 15.9. The van der Waals surface area contributed by atoms with Crippen molar-refractivity contribution in [3.8, 4) is 0 Å². The van der Waals surface area contributed by atoms with Crippen LogP contribution in [-0.4, -0.2) is 28.6 Å². The Hall–Kier alpha value is -2.37. The topological polar surface area (TPSA) is 64.6 Å². The number of hydrogen-bond donors (Lipinski definition) is 3. The number of aliphatic hydroxyl groups is 1. The SMILES string of the molecule is C[C@@H]1CCCCN1Cc1cccc(NC(=O)NCc2ccc(CO)cc2)c1. The molecule has 0 unspecified atom stereocenters. The van der Waals surface area contributed by atoms with Crippen LogP contribution in [0.5, 0.6) is 0 Å². The average molecular weight is 367 g/mol. The predicted octanol–water partition coefficient (Wildman–Crippen LogP) is 3.88. The smallest absolute Gasteiger partial charge is 0.319 e. The van der Waals surface area contributed by atoms with Crippen LogP contribution in [0.3, 0.4) is 0 Å². The molecular weight excluding hydrogens is 338 g/mol. The number of carbonyl (C=O) groups is 1. The van der Waals surface area contributed by atoms with E-state index in [-0.39, 0.29) is 12.6 Å². The third-order valence-corrected chi connectivity index (χ3v) is 5.17. The van der Waals surface area contributed by atoms with Crippen LogP contribution >= 0.6 is 0 Å². The summed E-state index contributed by atoms with van der Waals surface area (Å²) in [7, 11) is 0. The fourth-order valence-electron chi connectivity index (χ4n) is 3.49. The van der Waals surface area contributed by atoms with Gasteiger partial charge in [-0.1, -0.05) is 42.8 Å². The monoisotopic (exact) mass is 367 g/mol. The van der Waals surface area contributed by atoms with E-state index < -0.39 is 0 Å². The van der Waals surface area contributed by atoms with E-state index >= 15 is 0 Å². The highest BCUT2D eigenvalue weighted by atomic mass is 16.3. The minimum atomic E-state index is -0.218. The number of piperidine rings is 1. The van der Waals surface area contributed by atoms with E-state index in [0.29, 0.717) is 12.6 Å². The number of urea groups is 1. The molecule has 2 amide bonds. The van der Waals surface area contributed by atoms with Gasteiger partial charge in [-0.05, 0) is 55.1 Å². The maximum absolute atomic E-state index is 12.2. The lowest BCUT2D eigenvalue weighted by atomic mass is 10.0. The highest BCUT2D eigenvalue weighted by Crippen LogP contribution is 2.20. The Bertz CT molecular complexity index is 745. The quantitative estimate of drug-likeness (QED) is 0.726. The molecule has 3 N–H and O–H groups in total. The van der Waals surface area contributed by atoms with Crippen molar-refractivity contribution < 1.29 is 9.90 Å². The van der Waals surface area contributed by atoms with E-state index in [1.807, 2.05) is 36.4 Å². The van der Waals surface area contributed by atoms with Gasteiger partial charge in [-0.15, -0.1) is 0 Å². The van der Waals surface area contributed by atoms with Gasteiger partial charge in [-0.2, -0.15) is 0 Å². The Morgan fingerprint density at radius 2 is 1.89 bits per heavy atom. The largest absolute Gasteiger partial charge is 0.392 e. The Morgan fingerprint density at radius 1 is 1.11 bits per heavy atom. The van der Waals surface area contributed by atoms with Crippen LogP contribution in [0.25, 0.3) is 0 Å². The lowest BCUT2D eigenvalue weighted by Crippen LogP contribution is -2.36. The number of aliphatic hydroxyl groups excluding tert-OH is 1. The molecule has 1 fully saturated rings. The second kappa shape index (κ2) is 9.53. The number of rotatable bonds is 6. The summed E-state index contributed by atoms with van der Waals surface area (Å²) in [5, 5.41) is 14.9. The van der Waals surface area contributed by atoms with E-state index in [4.69, 9.17) is 5.11 Å². The summed E-state index contributed by atoms with van der Waals surface area (Å²) in [4.78, 5) is 14.7. The molecule has 2 aromatic carbocycles. The van der Waals surface area contributed by atoms with Gasteiger partial charge in [0.15, 0.2) is 0 Å². The van der Waals surface area contributed by atoms with Crippen LogP contribution < -0.4 is 10.6 Å². The molecular formula is C22H29N3O2. The number of nitrogens with zero attached hydrogens (tertiary/aromatic N) is 1. The third-order valence-electron chi connectivity index (χ3n) is 5.17. The standard InChI is InChI=1S/C22H29N3O2/c1-17-5-2-3-12-25(17)15-20-6-4-7-21(13-20)24-22(27)23-14-18-8-10-19(16-26)11-9-18/h4,6-11,13,17,26H,2-3,5,12,14-16H2,1H3,(H2,23,24,27)/t17-/m1/s1. The third kappa shape index (κ3) is 5.81. The Labute approximate surface area is 161 Å². The molecule has 0 spiro atoms. The summed E-state index contributed by atoms with van der Waals surface area (Å²) in [5.74, 6) is 0. The van der Waals surface area contributed by atoms with Crippen molar-refractivity contribution in [1.82, 2.24) is 10.2 Å². The summed E-state index contributed by atoms with van der Waals surface area (Å²) in [5.41, 5.74) is 3.89. The number of hydrogen-bond acceptors (Lipinski definition) is 3. The molecule has 3 rings (SSSR count). The van der Waals surface area contributed by atoms with Crippen molar-refractivity contribution in [3.05, 3.63) is 65.2 Å². The maximum Gasteiger partial charge on any atom is 0.319 e. The van der Waals surface area contributed by atoms with Crippen LogP contribution in [0, 0.1) is 0 Å². The lowest BCUT2D eigenvalue weighted by Gasteiger charge is -2.33. The van der Waals surface area contributed by atoms with Crippen molar-refractivity contribution in [3.63, 3.8) is 0 Å². The summed E-state index contributed by atoms with van der Waals surface area (Å²) in [6.07, 6.45) is 3.85. The molecule has 1 atom stereocenters. The molecule has 27 heavy (non-hydrogen) atoms. The lowest BCUT2D eigenvalue weighted by molar-refractivity contribution is 0.152. The molecule has 0 saturated carbocycles. The van der Waals surface area contributed by atoms with Gasteiger partial charge in [0.1, 0.15) is 0 Å². The van der Waals surface area contributed by atoms with E-state index in [9.17, 15) is 4.79 Å². The highest BCUT2D eigenvalue weighted by molar-refractivity contribution is 5.89. The van der Waals surface area contributed by atoms with Crippen LogP contribution in [-0.2, 0) is 19.7 Å². The zero-order chi connectivity index (χ0) is 19.1. The molecule has 0 radical (unpaired) electrons. The van der Waals surface area contributed by atoms with Gasteiger partial charge in [0.25, 0.3) is 0 Å². The van der Waals surface area contributed by atoms with Gasteiger partial charge in [0, 0.05) is 24.8 Å². The van der Waals surface area contributed by atoms with E-state index in [1.54, 1.807) is 0 Å². The molecule has 0 bridgehead atoms. The van der Waals surface area contributed by atoms with E-state index in [1.165, 1.54) is 24.8 Å². The first-order valence-corrected chi connectivity index (χ1v) is 9.70. The van der Waals surface area contributed by atoms with Crippen LogP contribution in [0.2, 0.25) is 0 Å². The van der Waals surface area contributed by atoms with Gasteiger partial charge in [0.05, 0.1) is 6.61 Å². The van der Waals surface area contributed by atoms with Crippen LogP contribution in [0.4, 0.5) is 10.5 Å². The van der Waals surface area contributed by atoms with Crippen molar-refractivity contribution >= 4 is 11.7 Å². The molecule has 1 aliphatic heterocycles. The number of nitrogens with one attached hydrogen (secondary N) is 2. The summed E-state index contributed by atoms with van der Waals surface area (Å²) >= 11 is 0. The molecule has 1 saturated heterocycles. The summed E-state index contributed by atoms with van der Waals surface area (Å²) in [6.45, 7) is 4.84. The first kappa shape index (κ1) is 19.4. The second-order valence-corrected chi connectivity index (χ2v) is 7.30. The summed E-state index contributed by atoms with van der Waals surface area (Å²) in [6, 6.07) is 16.0. The minimum absolute atomic E-state index is 0.0285. The van der Waals surface area contributed by atoms with Crippen LogP contribution in [0.1, 0.15) is 42.9 Å². The van der Waals surface area contributed by atoms with Crippen LogP contribution in [0.15, 0.2) is 48.5 Å². The molecule has 144 valence electrons. The number of benzene rings is 2. The molecule has 1 aliphatic rings. The molecule has 0 aliphatic carbocycles. The Morgan fingerprint density at radius 3 is 2.63 bits per heavy atom. The minimum Gasteiger partial charge on any atom is -0.392 e. The predicted molar refractivity (Wildman–Crippen MR) is 108 cm³/mol. The first-order chi connectivity index (χ1) is 13.1. The van der Waals surface area contributed by atoms with E-state index in [2.05, 4.69) is 34.6 Å². The molecule has 0 aromatic heterocycles.